The van der Waals surface area contributed by atoms with E-state index in [1.165, 1.54) is 56.1 Å². The third kappa shape index (κ3) is 4.70. The molecule has 41 heavy (non-hydrogen) atoms. The molecule has 226 valence electrons. The molecule has 3 saturated carbocycles. The van der Waals surface area contributed by atoms with Crippen LogP contribution in [0.3, 0.4) is 0 Å². The molecule has 2 aliphatic heterocycles. The number of nitrogens with zero attached hydrogens (tertiary/aromatic N) is 2. The molecule has 4 fully saturated rings. The van der Waals surface area contributed by atoms with E-state index in [0.717, 1.165) is 69.0 Å². The Labute approximate surface area is 247 Å². The van der Waals surface area contributed by atoms with Gasteiger partial charge in [-0.1, -0.05) is 51.0 Å². The zero-order chi connectivity index (χ0) is 28.3. The molecule has 6 aliphatic rings. The number of ether oxygens (including phenoxy) is 2. The molecule has 6 heteroatoms. The van der Waals surface area contributed by atoms with E-state index < -0.39 is 0 Å². The summed E-state index contributed by atoms with van der Waals surface area (Å²) >= 11 is 0. The lowest BCUT2D eigenvalue weighted by Crippen LogP contribution is -2.69. The van der Waals surface area contributed by atoms with Gasteiger partial charge in [-0.05, 0) is 82.4 Å². The smallest absolute Gasteiger partial charge is 0.223 e. The lowest BCUT2D eigenvalue weighted by Gasteiger charge is -2.61. The van der Waals surface area contributed by atoms with Crippen LogP contribution in [0.15, 0.2) is 12.1 Å². The SMILES string of the molecule is COc1ccc2c3c1O[C@H]1[C@@H](N(C(=O)CCCCC4CCCCC4)C(C)C)CC[C@H]4[C@@H](C2)N(CC2CC2O)CC[C@@]341. The van der Waals surface area contributed by atoms with Crippen LogP contribution in [-0.4, -0.2) is 71.3 Å². The number of aliphatic hydroxyl groups excluding tert-OH is 1. The Morgan fingerprint density at radius 2 is 1.98 bits per heavy atom. The van der Waals surface area contributed by atoms with Gasteiger partial charge in [0.2, 0.25) is 5.91 Å². The summed E-state index contributed by atoms with van der Waals surface area (Å²) in [7, 11) is 1.75. The Morgan fingerprint density at radius 1 is 1.17 bits per heavy atom. The first-order valence-corrected chi connectivity index (χ1v) is 17.0. The van der Waals surface area contributed by atoms with Crippen LogP contribution in [0.4, 0.5) is 0 Å². The highest BCUT2D eigenvalue weighted by atomic mass is 16.5. The van der Waals surface area contributed by atoms with Crippen LogP contribution in [0.25, 0.3) is 0 Å². The van der Waals surface area contributed by atoms with E-state index in [1.54, 1.807) is 7.11 Å². The van der Waals surface area contributed by atoms with Crippen molar-refractivity contribution in [1.82, 2.24) is 9.80 Å². The number of likely N-dealkylation sites (tertiary alicyclic amines) is 1. The van der Waals surface area contributed by atoms with Crippen molar-refractivity contribution < 1.29 is 19.4 Å². The fraction of sp³-hybridized carbons (Fsp3) is 0.800. The maximum atomic E-state index is 14.0. The number of hydrogen-bond donors (Lipinski definition) is 1. The van der Waals surface area contributed by atoms with E-state index in [-0.39, 0.29) is 29.7 Å². The average Bonchev–Trinajstić information content (AvgIpc) is 3.55. The van der Waals surface area contributed by atoms with Gasteiger partial charge in [-0.15, -0.1) is 0 Å². The quantitative estimate of drug-likeness (QED) is 0.361. The summed E-state index contributed by atoms with van der Waals surface area (Å²) in [6.45, 7) is 6.46. The summed E-state index contributed by atoms with van der Waals surface area (Å²) in [6, 6.07) is 5.12. The zero-order valence-electron chi connectivity index (χ0n) is 25.7. The monoisotopic (exact) mass is 564 g/mol. The van der Waals surface area contributed by atoms with Crippen molar-refractivity contribution in [3.8, 4) is 11.5 Å². The summed E-state index contributed by atoms with van der Waals surface area (Å²) in [5.74, 6) is 3.97. The highest BCUT2D eigenvalue weighted by Crippen LogP contribution is 2.64. The summed E-state index contributed by atoms with van der Waals surface area (Å²) in [4.78, 5) is 18.9. The molecule has 2 heterocycles. The van der Waals surface area contributed by atoms with Crippen molar-refractivity contribution in [2.75, 3.05) is 20.2 Å². The standard InChI is InChI=1S/C35H52N2O4/c1-22(2)37(31(39)12-8-7-11-23-9-5-4-6-10-23)27-15-14-26-28-19-24-13-16-30(40-3)33-32(24)35(26,34(27)41-33)17-18-36(28)21-25-20-29(25)38/h13,16,22-23,25-29,34,38H,4-12,14-15,17-21H2,1-3H3/t25?,26-,27-,28+,29?,34-,35-/m0/s1. The number of amides is 1. The zero-order valence-corrected chi connectivity index (χ0v) is 25.7. The van der Waals surface area contributed by atoms with Crippen LogP contribution >= 0.6 is 0 Å². The number of hydrogen-bond acceptors (Lipinski definition) is 5. The Morgan fingerprint density at radius 3 is 2.71 bits per heavy atom. The number of methoxy groups -OCH3 is 1. The molecular weight excluding hydrogens is 512 g/mol. The van der Waals surface area contributed by atoms with Gasteiger partial charge in [-0.3, -0.25) is 9.69 Å². The lowest BCUT2D eigenvalue weighted by atomic mass is 9.51. The Bertz CT molecular complexity index is 1130. The van der Waals surface area contributed by atoms with Gasteiger partial charge in [-0.2, -0.15) is 0 Å². The first kappa shape index (κ1) is 28.0. The normalized spacial score (nSPS) is 35.6. The molecule has 1 spiro atoms. The predicted molar refractivity (Wildman–Crippen MR) is 160 cm³/mol. The predicted octanol–water partition coefficient (Wildman–Crippen LogP) is 5.86. The minimum atomic E-state index is -0.107. The number of benzene rings is 1. The molecule has 1 amide bonds. The maximum Gasteiger partial charge on any atom is 0.223 e. The van der Waals surface area contributed by atoms with Gasteiger partial charge in [0.25, 0.3) is 0 Å². The largest absolute Gasteiger partial charge is 0.493 e. The summed E-state index contributed by atoms with van der Waals surface area (Å²) in [5, 5.41) is 10.1. The van der Waals surface area contributed by atoms with Gasteiger partial charge < -0.3 is 19.5 Å². The molecule has 1 saturated heterocycles. The van der Waals surface area contributed by atoms with Gasteiger partial charge in [0.15, 0.2) is 11.5 Å². The summed E-state index contributed by atoms with van der Waals surface area (Å²) in [5.41, 5.74) is 2.76. The summed E-state index contributed by atoms with van der Waals surface area (Å²) in [6.07, 6.45) is 16.2. The first-order valence-electron chi connectivity index (χ1n) is 17.0. The molecule has 0 aromatic heterocycles. The van der Waals surface area contributed by atoms with Crippen molar-refractivity contribution >= 4 is 5.91 Å². The fourth-order valence-corrected chi connectivity index (χ4v) is 10.2. The highest BCUT2D eigenvalue weighted by molar-refractivity contribution is 5.77. The lowest BCUT2D eigenvalue weighted by molar-refractivity contribution is -0.146. The van der Waals surface area contributed by atoms with Crippen LogP contribution < -0.4 is 9.47 Å². The van der Waals surface area contributed by atoms with Gasteiger partial charge in [0, 0.05) is 41.9 Å². The van der Waals surface area contributed by atoms with Crippen LogP contribution in [0.2, 0.25) is 0 Å². The van der Waals surface area contributed by atoms with Crippen LogP contribution in [0.5, 0.6) is 11.5 Å². The Kier molecular flexibility index (Phi) is 7.54. The van der Waals surface area contributed by atoms with E-state index in [9.17, 15) is 9.90 Å². The van der Waals surface area contributed by atoms with Crippen LogP contribution in [0, 0.1) is 17.8 Å². The third-order valence-electron chi connectivity index (χ3n) is 12.1. The van der Waals surface area contributed by atoms with E-state index in [2.05, 4.69) is 35.8 Å². The van der Waals surface area contributed by atoms with Crippen molar-refractivity contribution in [2.24, 2.45) is 17.8 Å². The van der Waals surface area contributed by atoms with Crippen molar-refractivity contribution in [1.29, 1.82) is 0 Å². The number of aliphatic hydroxyl groups is 1. The average molecular weight is 565 g/mol. The van der Waals surface area contributed by atoms with Crippen molar-refractivity contribution in [3.63, 3.8) is 0 Å². The van der Waals surface area contributed by atoms with E-state index in [0.29, 0.717) is 30.2 Å². The van der Waals surface area contributed by atoms with E-state index >= 15 is 0 Å². The first-order chi connectivity index (χ1) is 19.9. The Hall–Kier alpha value is -1.79. The van der Waals surface area contributed by atoms with Crippen molar-refractivity contribution in [2.45, 2.75) is 139 Å². The maximum absolute atomic E-state index is 14.0. The van der Waals surface area contributed by atoms with Crippen LogP contribution in [0.1, 0.15) is 108 Å². The topological polar surface area (TPSA) is 62.2 Å². The highest BCUT2D eigenvalue weighted by Gasteiger charge is 2.67. The van der Waals surface area contributed by atoms with Gasteiger partial charge >= 0.3 is 0 Å². The van der Waals surface area contributed by atoms with E-state index in [4.69, 9.17) is 9.47 Å². The molecule has 6 nitrogen and oxygen atoms in total. The van der Waals surface area contributed by atoms with Gasteiger partial charge in [0.1, 0.15) is 6.10 Å². The molecule has 7 atom stereocenters. The van der Waals surface area contributed by atoms with E-state index in [1.807, 2.05) is 0 Å². The molecule has 7 rings (SSSR count). The fourth-order valence-electron chi connectivity index (χ4n) is 10.2. The Balaban J connectivity index is 1.14. The second-order valence-corrected chi connectivity index (χ2v) is 14.7. The van der Waals surface area contributed by atoms with Gasteiger partial charge in [-0.25, -0.2) is 0 Å². The number of piperidine rings is 1. The molecule has 0 radical (unpaired) electrons. The molecular formula is C35H52N2O4. The second-order valence-electron chi connectivity index (χ2n) is 14.7. The second kappa shape index (κ2) is 11.0. The molecule has 1 aromatic carbocycles. The molecule has 2 bridgehead atoms. The number of carbonyl (C=O) groups is 1. The third-order valence-corrected chi connectivity index (χ3v) is 12.1. The van der Waals surface area contributed by atoms with Gasteiger partial charge in [0.05, 0.1) is 19.3 Å². The van der Waals surface area contributed by atoms with Crippen LogP contribution in [-0.2, 0) is 16.6 Å². The molecule has 1 N–H and O–H groups in total. The molecule has 2 unspecified atom stereocenters. The summed E-state index contributed by atoms with van der Waals surface area (Å²) < 4.78 is 12.9. The number of rotatable bonds is 10. The molecule has 4 aliphatic carbocycles. The molecule has 1 aromatic rings. The minimum Gasteiger partial charge on any atom is -0.493 e. The number of carbonyl (C=O) groups excluding carboxylic acids is 1. The number of unbranched alkanes of at least 4 members (excludes halogenated alkanes) is 1. The minimum absolute atomic E-state index is 0.0173. The van der Waals surface area contributed by atoms with Crippen molar-refractivity contribution in [3.05, 3.63) is 23.3 Å².